The van der Waals surface area contributed by atoms with Crippen molar-refractivity contribution in [3.63, 3.8) is 0 Å². The van der Waals surface area contributed by atoms with Crippen LogP contribution >= 0.6 is 0 Å². The van der Waals surface area contributed by atoms with Crippen molar-refractivity contribution in [2.75, 3.05) is 25.9 Å². The molecule has 0 aliphatic carbocycles. The molecule has 0 unspecified atom stereocenters. The molecular weight excluding hydrogens is 246 g/mol. The van der Waals surface area contributed by atoms with Gasteiger partial charge in [-0.05, 0) is 20.9 Å². The molecule has 2 amide bonds. The van der Waals surface area contributed by atoms with Crippen LogP contribution in [0.2, 0.25) is 0 Å². The van der Waals surface area contributed by atoms with Crippen LogP contribution in [0.25, 0.3) is 0 Å². The van der Waals surface area contributed by atoms with Crippen LogP contribution in [-0.4, -0.2) is 56.0 Å². The van der Waals surface area contributed by atoms with Gasteiger partial charge in [-0.15, -0.1) is 0 Å². The summed E-state index contributed by atoms with van der Waals surface area (Å²) in [5, 5.41) is 4.85. The number of nitrogens with zero attached hydrogens (tertiary/aromatic N) is 1. The molecule has 0 bridgehead atoms. The first kappa shape index (κ1) is 14.1. The van der Waals surface area contributed by atoms with Gasteiger partial charge in [0.1, 0.15) is 5.54 Å². The van der Waals surface area contributed by atoms with Crippen LogP contribution in [0.1, 0.15) is 13.8 Å². The Hall–Kier alpha value is -0.990. The second kappa shape index (κ2) is 4.71. The Morgan fingerprint density at radius 2 is 2.00 bits per heavy atom. The van der Waals surface area contributed by atoms with Crippen molar-refractivity contribution in [1.29, 1.82) is 0 Å². The fourth-order valence-corrected chi connectivity index (χ4v) is 3.32. The second-order valence-electron chi connectivity index (χ2n) is 4.36. The summed E-state index contributed by atoms with van der Waals surface area (Å²) in [6, 6.07) is 0. The third-order valence-corrected chi connectivity index (χ3v) is 4.64. The molecule has 1 aliphatic rings. The molecule has 0 aromatic rings. The van der Waals surface area contributed by atoms with Crippen LogP contribution in [0, 0.1) is 0 Å². The van der Waals surface area contributed by atoms with Crippen LogP contribution in [0.5, 0.6) is 0 Å². The molecule has 1 fully saturated rings. The van der Waals surface area contributed by atoms with Gasteiger partial charge in [0.15, 0.2) is 0 Å². The maximum atomic E-state index is 12.0. The van der Waals surface area contributed by atoms with Crippen LogP contribution in [-0.2, 0) is 19.6 Å². The van der Waals surface area contributed by atoms with Gasteiger partial charge in [-0.1, -0.05) is 0 Å². The number of piperazine rings is 1. The fraction of sp³-hybridized carbons (Fsp3) is 0.778. The molecule has 17 heavy (non-hydrogen) atoms. The van der Waals surface area contributed by atoms with Crippen molar-refractivity contribution in [1.82, 2.24) is 14.9 Å². The third-order valence-electron chi connectivity index (χ3n) is 2.67. The Morgan fingerprint density at radius 1 is 1.41 bits per heavy atom. The first-order chi connectivity index (χ1) is 7.71. The quantitative estimate of drug-likeness (QED) is 0.588. The zero-order valence-electron chi connectivity index (χ0n) is 10.1. The number of hydrogen-bond acceptors (Lipinski definition) is 5. The Bertz CT molecular complexity index is 430. The highest BCUT2D eigenvalue weighted by Crippen LogP contribution is 2.22. The molecule has 2 N–H and O–H groups in total. The summed E-state index contributed by atoms with van der Waals surface area (Å²) in [6.07, 6.45) is 0. The number of sulfonamides is 1. The predicted molar refractivity (Wildman–Crippen MR) is 61.6 cm³/mol. The third kappa shape index (κ3) is 2.82. The normalized spacial score (nSPS) is 21.4. The van der Waals surface area contributed by atoms with E-state index in [1.165, 1.54) is 13.8 Å². The van der Waals surface area contributed by atoms with Gasteiger partial charge >= 0.3 is 0 Å². The molecule has 1 saturated heterocycles. The Kier molecular flexibility index (Phi) is 3.90. The molecule has 0 atom stereocenters. The summed E-state index contributed by atoms with van der Waals surface area (Å²) in [6.45, 7) is 2.91. The van der Waals surface area contributed by atoms with Crippen molar-refractivity contribution < 1.29 is 18.0 Å². The van der Waals surface area contributed by atoms with Gasteiger partial charge in [0.25, 0.3) is 0 Å². The highest BCUT2D eigenvalue weighted by molar-refractivity contribution is 7.89. The van der Waals surface area contributed by atoms with E-state index in [1.54, 1.807) is 7.05 Å². The van der Waals surface area contributed by atoms with E-state index in [4.69, 9.17) is 0 Å². The lowest BCUT2D eigenvalue weighted by atomic mass is 10.0. The van der Waals surface area contributed by atoms with Crippen LogP contribution < -0.4 is 10.6 Å². The van der Waals surface area contributed by atoms with Crippen LogP contribution in [0.15, 0.2) is 0 Å². The summed E-state index contributed by atoms with van der Waals surface area (Å²) >= 11 is 0. The summed E-state index contributed by atoms with van der Waals surface area (Å²) in [5.41, 5.74) is -1.24. The SMILES string of the molecule is CNCCS(=O)(=O)N1CC(=O)NC(=O)C1(C)C. The number of rotatable bonds is 4. The number of carbonyl (C=O) groups excluding carboxylic acids is 2. The standard InChI is InChI=1S/C9H17N3O4S/c1-9(2)8(14)11-7(13)6-12(9)17(15,16)5-4-10-3/h10H,4-6H2,1-3H3,(H,11,13,14). The summed E-state index contributed by atoms with van der Waals surface area (Å²) in [5.74, 6) is -1.34. The molecule has 1 aliphatic heterocycles. The molecule has 0 aromatic carbocycles. The van der Waals surface area contributed by atoms with E-state index in [0.717, 1.165) is 4.31 Å². The van der Waals surface area contributed by atoms with E-state index >= 15 is 0 Å². The van der Waals surface area contributed by atoms with E-state index in [2.05, 4.69) is 10.6 Å². The van der Waals surface area contributed by atoms with Gasteiger partial charge in [0, 0.05) is 6.54 Å². The summed E-state index contributed by atoms with van der Waals surface area (Å²) < 4.78 is 25.0. The zero-order chi connectivity index (χ0) is 13.3. The second-order valence-corrected chi connectivity index (χ2v) is 6.38. The lowest BCUT2D eigenvalue weighted by Crippen LogP contribution is -2.65. The average molecular weight is 263 g/mol. The molecule has 1 heterocycles. The molecule has 0 aromatic heterocycles. The van der Waals surface area contributed by atoms with Crippen molar-refractivity contribution in [3.05, 3.63) is 0 Å². The van der Waals surface area contributed by atoms with Crippen LogP contribution in [0.4, 0.5) is 0 Å². The molecule has 0 saturated carbocycles. The van der Waals surface area contributed by atoms with E-state index in [-0.39, 0.29) is 18.8 Å². The average Bonchev–Trinajstić information content (AvgIpc) is 2.21. The maximum Gasteiger partial charge on any atom is 0.247 e. The minimum Gasteiger partial charge on any atom is -0.319 e. The van der Waals surface area contributed by atoms with Crippen molar-refractivity contribution in [2.24, 2.45) is 0 Å². The van der Waals surface area contributed by atoms with E-state index in [9.17, 15) is 18.0 Å². The molecular formula is C9H17N3O4S. The van der Waals surface area contributed by atoms with Gasteiger partial charge in [0.2, 0.25) is 21.8 Å². The van der Waals surface area contributed by atoms with E-state index < -0.39 is 27.4 Å². The number of amides is 2. The monoisotopic (exact) mass is 263 g/mol. The first-order valence-corrected chi connectivity index (χ1v) is 6.82. The predicted octanol–water partition coefficient (Wildman–Crippen LogP) is -1.73. The fourth-order valence-electron chi connectivity index (χ4n) is 1.55. The molecule has 98 valence electrons. The molecule has 0 radical (unpaired) electrons. The van der Waals surface area contributed by atoms with Crippen molar-refractivity contribution in [2.45, 2.75) is 19.4 Å². The number of imide groups is 1. The summed E-state index contributed by atoms with van der Waals surface area (Å²) in [4.78, 5) is 22.8. The Balaban J connectivity index is 3.01. The lowest BCUT2D eigenvalue weighted by molar-refractivity contribution is -0.141. The number of hydrogen-bond donors (Lipinski definition) is 2. The molecule has 0 spiro atoms. The van der Waals surface area contributed by atoms with Gasteiger partial charge in [-0.25, -0.2) is 8.42 Å². The van der Waals surface area contributed by atoms with Gasteiger partial charge in [-0.2, -0.15) is 4.31 Å². The minimum absolute atomic E-state index is 0.145. The topological polar surface area (TPSA) is 95.6 Å². The first-order valence-electron chi connectivity index (χ1n) is 5.21. The number of nitrogens with one attached hydrogen (secondary N) is 2. The highest BCUT2D eigenvalue weighted by atomic mass is 32.2. The molecule has 1 rings (SSSR count). The molecule has 7 nitrogen and oxygen atoms in total. The molecule has 8 heteroatoms. The van der Waals surface area contributed by atoms with Gasteiger partial charge in [-0.3, -0.25) is 14.9 Å². The minimum atomic E-state index is -3.63. The largest absolute Gasteiger partial charge is 0.319 e. The maximum absolute atomic E-state index is 12.0. The number of carbonyl (C=O) groups is 2. The highest BCUT2D eigenvalue weighted by Gasteiger charge is 2.46. The smallest absolute Gasteiger partial charge is 0.247 e. The lowest BCUT2D eigenvalue weighted by Gasteiger charge is -2.38. The van der Waals surface area contributed by atoms with Gasteiger partial charge in [0.05, 0.1) is 12.3 Å². The summed E-state index contributed by atoms with van der Waals surface area (Å²) in [7, 11) is -2.00. The van der Waals surface area contributed by atoms with Crippen molar-refractivity contribution >= 4 is 21.8 Å². The van der Waals surface area contributed by atoms with Gasteiger partial charge < -0.3 is 5.32 Å². The van der Waals surface area contributed by atoms with Crippen molar-refractivity contribution in [3.8, 4) is 0 Å². The Morgan fingerprint density at radius 3 is 2.53 bits per heavy atom. The van der Waals surface area contributed by atoms with E-state index in [0.29, 0.717) is 0 Å². The van der Waals surface area contributed by atoms with Crippen LogP contribution in [0.3, 0.4) is 0 Å². The van der Waals surface area contributed by atoms with E-state index in [1.807, 2.05) is 0 Å². The zero-order valence-corrected chi connectivity index (χ0v) is 10.9. The Labute approximate surface area is 101 Å².